The molecule has 0 radical (unpaired) electrons. The van der Waals surface area contributed by atoms with Crippen LogP contribution in [0, 0.1) is 0 Å². The minimum absolute atomic E-state index is 0.0651. The molecule has 1 aromatic carbocycles. The third kappa shape index (κ3) is 4.24. The van der Waals surface area contributed by atoms with Crippen LogP contribution in [0.4, 0.5) is 5.69 Å². The summed E-state index contributed by atoms with van der Waals surface area (Å²) in [7, 11) is 1.77. The van der Waals surface area contributed by atoms with Crippen molar-refractivity contribution in [1.82, 2.24) is 15.1 Å². The fourth-order valence-electron chi connectivity index (χ4n) is 2.20. The predicted molar refractivity (Wildman–Crippen MR) is 90.7 cm³/mol. The topological polar surface area (TPSA) is 79.2 Å². The van der Waals surface area contributed by atoms with Crippen LogP contribution in [-0.2, 0) is 12.6 Å². The van der Waals surface area contributed by atoms with E-state index >= 15 is 0 Å². The van der Waals surface area contributed by atoms with Gasteiger partial charge >= 0.3 is 0 Å². The van der Waals surface area contributed by atoms with Crippen molar-refractivity contribution in [3.8, 4) is 0 Å². The number of aromatic nitrogens is 2. The van der Waals surface area contributed by atoms with Crippen LogP contribution in [-0.4, -0.2) is 33.9 Å². The second-order valence-corrected chi connectivity index (χ2v) is 6.02. The molecule has 0 aliphatic heterocycles. The Morgan fingerprint density at radius 3 is 2.83 bits per heavy atom. The fraction of sp³-hybridized carbons (Fsp3) is 0.375. The summed E-state index contributed by atoms with van der Waals surface area (Å²) in [5, 5.41) is 20.9. The smallest absolute Gasteiger partial charge is 0.253 e. The van der Waals surface area contributed by atoms with Gasteiger partial charge < -0.3 is 15.7 Å². The lowest BCUT2D eigenvalue weighted by atomic mass is 9.99. The van der Waals surface area contributed by atoms with E-state index in [2.05, 4.69) is 15.7 Å². The number of aryl methyl sites for hydroxylation is 1. The minimum Gasteiger partial charge on any atom is -0.385 e. The lowest BCUT2D eigenvalue weighted by molar-refractivity contribution is 0.0526. The molecule has 2 rings (SSSR count). The predicted octanol–water partition coefficient (Wildman–Crippen LogP) is 2.14. The number of halogens is 1. The summed E-state index contributed by atoms with van der Waals surface area (Å²) in [4.78, 5) is 12.4. The van der Waals surface area contributed by atoms with Gasteiger partial charge in [0.05, 0.1) is 18.3 Å². The SMILES string of the molecule is CCNc1ccc(Cl)cc1C(=O)NCC(C)(O)c1cnn(C)c1. The van der Waals surface area contributed by atoms with Crippen LogP contribution in [0.25, 0.3) is 0 Å². The molecule has 0 saturated heterocycles. The van der Waals surface area contributed by atoms with Gasteiger partial charge in [-0.25, -0.2) is 0 Å². The molecular weight excluding hydrogens is 316 g/mol. The quantitative estimate of drug-likeness (QED) is 0.755. The number of nitrogens with zero attached hydrogens (tertiary/aromatic N) is 2. The summed E-state index contributed by atoms with van der Waals surface area (Å²) in [5.41, 5.74) is 0.580. The van der Waals surface area contributed by atoms with E-state index in [1.807, 2.05) is 6.92 Å². The Hall–Kier alpha value is -2.05. The second kappa shape index (κ2) is 7.02. The van der Waals surface area contributed by atoms with Crippen molar-refractivity contribution in [2.45, 2.75) is 19.4 Å². The van der Waals surface area contributed by atoms with Gasteiger partial charge in [-0.15, -0.1) is 0 Å². The van der Waals surface area contributed by atoms with Gasteiger partial charge in [0.15, 0.2) is 0 Å². The number of hydrogen-bond acceptors (Lipinski definition) is 4. The van der Waals surface area contributed by atoms with Crippen molar-refractivity contribution in [2.75, 3.05) is 18.4 Å². The van der Waals surface area contributed by atoms with Crippen molar-refractivity contribution in [3.05, 3.63) is 46.7 Å². The van der Waals surface area contributed by atoms with Crippen LogP contribution in [0.2, 0.25) is 5.02 Å². The van der Waals surface area contributed by atoms with Crippen molar-refractivity contribution in [3.63, 3.8) is 0 Å². The number of carbonyl (C=O) groups excluding carboxylic acids is 1. The van der Waals surface area contributed by atoms with E-state index in [1.54, 1.807) is 49.2 Å². The zero-order valence-corrected chi connectivity index (χ0v) is 14.2. The van der Waals surface area contributed by atoms with Gasteiger partial charge in [0, 0.05) is 36.1 Å². The molecule has 1 atom stereocenters. The third-order valence-electron chi connectivity index (χ3n) is 3.51. The summed E-state index contributed by atoms with van der Waals surface area (Å²) in [5.74, 6) is -0.299. The molecule has 23 heavy (non-hydrogen) atoms. The molecule has 0 spiro atoms. The van der Waals surface area contributed by atoms with Crippen LogP contribution >= 0.6 is 11.6 Å². The Morgan fingerprint density at radius 1 is 1.48 bits per heavy atom. The molecule has 0 fully saturated rings. The third-order valence-corrected chi connectivity index (χ3v) is 3.75. The number of benzene rings is 1. The van der Waals surface area contributed by atoms with Crippen molar-refractivity contribution >= 4 is 23.2 Å². The molecule has 7 heteroatoms. The molecule has 0 aliphatic carbocycles. The Labute approximate surface area is 140 Å². The molecular formula is C16H21ClN4O2. The maximum absolute atomic E-state index is 12.4. The summed E-state index contributed by atoms with van der Waals surface area (Å²) < 4.78 is 1.60. The molecule has 1 amide bonds. The van der Waals surface area contributed by atoms with E-state index in [4.69, 9.17) is 11.6 Å². The van der Waals surface area contributed by atoms with Gasteiger partial charge in [-0.2, -0.15) is 5.10 Å². The average molecular weight is 337 g/mol. The lowest BCUT2D eigenvalue weighted by Gasteiger charge is -2.22. The fourth-order valence-corrected chi connectivity index (χ4v) is 2.37. The Balaban J connectivity index is 2.12. The van der Waals surface area contributed by atoms with Crippen LogP contribution in [0.15, 0.2) is 30.6 Å². The highest BCUT2D eigenvalue weighted by Gasteiger charge is 2.26. The number of anilines is 1. The summed E-state index contributed by atoms with van der Waals surface area (Å²) in [6.07, 6.45) is 3.30. The highest BCUT2D eigenvalue weighted by molar-refractivity contribution is 6.31. The van der Waals surface area contributed by atoms with Gasteiger partial charge in [0.2, 0.25) is 0 Å². The van der Waals surface area contributed by atoms with Crippen molar-refractivity contribution in [2.24, 2.45) is 7.05 Å². The largest absolute Gasteiger partial charge is 0.385 e. The van der Waals surface area contributed by atoms with Crippen molar-refractivity contribution < 1.29 is 9.90 Å². The number of hydrogen-bond donors (Lipinski definition) is 3. The number of carbonyl (C=O) groups is 1. The van der Waals surface area contributed by atoms with E-state index in [9.17, 15) is 9.90 Å². The monoisotopic (exact) mass is 336 g/mol. The molecule has 1 heterocycles. The number of rotatable bonds is 6. The average Bonchev–Trinajstić information content (AvgIpc) is 2.94. The highest BCUT2D eigenvalue weighted by atomic mass is 35.5. The molecule has 124 valence electrons. The summed E-state index contributed by atoms with van der Waals surface area (Å²) >= 11 is 5.98. The minimum atomic E-state index is -1.21. The molecule has 2 aromatic rings. The Bertz CT molecular complexity index is 697. The molecule has 0 bridgehead atoms. The zero-order chi connectivity index (χ0) is 17.0. The van der Waals surface area contributed by atoms with E-state index in [-0.39, 0.29) is 12.5 Å². The highest BCUT2D eigenvalue weighted by Crippen LogP contribution is 2.22. The summed E-state index contributed by atoms with van der Waals surface area (Å²) in [6, 6.07) is 5.09. The zero-order valence-electron chi connectivity index (χ0n) is 13.4. The normalized spacial score (nSPS) is 13.4. The van der Waals surface area contributed by atoms with Gasteiger partial charge in [-0.05, 0) is 32.0 Å². The Kier molecular flexibility index (Phi) is 5.28. The molecule has 3 N–H and O–H groups in total. The first-order valence-electron chi connectivity index (χ1n) is 7.36. The van der Waals surface area contributed by atoms with Crippen LogP contribution < -0.4 is 10.6 Å². The maximum Gasteiger partial charge on any atom is 0.253 e. The standard InChI is InChI=1S/C16H21ClN4O2/c1-4-18-14-6-5-12(17)7-13(14)15(22)19-10-16(2,23)11-8-20-21(3)9-11/h5-9,18,23H,4,10H2,1-3H3,(H,19,22). The van der Waals surface area contributed by atoms with Crippen LogP contribution in [0.5, 0.6) is 0 Å². The molecule has 0 aliphatic rings. The first-order valence-corrected chi connectivity index (χ1v) is 7.74. The first-order chi connectivity index (χ1) is 10.8. The van der Waals surface area contributed by atoms with Crippen molar-refractivity contribution in [1.29, 1.82) is 0 Å². The van der Waals surface area contributed by atoms with Gasteiger partial charge in [-0.3, -0.25) is 9.48 Å². The van der Waals surface area contributed by atoms with E-state index in [0.29, 0.717) is 28.4 Å². The first kappa shape index (κ1) is 17.3. The number of nitrogens with one attached hydrogen (secondary N) is 2. The second-order valence-electron chi connectivity index (χ2n) is 5.58. The summed E-state index contributed by atoms with van der Waals surface area (Å²) in [6.45, 7) is 4.34. The van der Waals surface area contributed by atoms with Gasteiger partial charge in [-0.1, -0.05) is 11.6 Å². The van der Waals surface area contributed by atoms with Crippen LogP contribution in [0.3, 0.4) is 0 Å². The van der Waals surface area contributed by atoms with E-state index in [0.717, 1.165) is 0 Å². The van der Waals surface area contributed by atoms with E-state index in [1.165, 1.54) is 0 Å². The van der Waals surface area contributed by atoms with Gasteiger partial charge in [0.25, 0.3) is 5.91 Å². The van der Waals surface area contributed by atoms with Crippen LogP contribution in [0.1, 0.15) is 29.8 Å². The number of aliphatic hydroxyl groups is 1. The molecule has 0 saturated carbocycles. The van der Waals surface area contributed by atoms with E-state index < -0.39 is 5.60 Å². The number of amides is 1. The van der Waals surface area contributed by atoms with Gasteiger partial charge in [0.1, 0.15) is 5.60 Å². The Morgan fingerprint density at radius 2 is 2.22 bits per heavy atom. The molecule has 6 nitrogen and oxygen atoms in total. The maximum atomic E-state index is 12.4. The molecule has 1 aromatic heterocycles. The lowest BCUT2D eigenvalue weighted by Crippen LogP contribution is -2.38. The molecule has 1 unspecified atom stereocenters.